The smallest absolute Gasteiger partial charge is 0.0963 e. The van der Waals surface area contributed by atoms with E-state index in [9.17, 15) is 0 Å². The van der Waals surface area contributed by atoms with E-state index in [0.717, 1.165) is 19.0 Å². The van der Waals surface area contributed by atoms with Gasteiger partial charge >= 0.3 is 0 Å². The molecule has 0 amide bonds. The molecule has 0 aromatic rings. The number of amidine groups is 1. The third kappa shape index (κ3) is 6.53. The number of unbranched alkanes of at least 4 members (excludes halogenated alkanes) is 1. The van der Waals surface area contributed by atoms with E-state index in [0.29, 0.717) is 0 Å². The van der Waals surface area contributed by atoms with Gasteiger partial charge in [0, 0.05) is 19.5 Å². The van der Waals surface area contributed by atoms with Gasteiger partial charge in [0.1, 0.15) is 0 Å². The molecule has 0 bridgehead atoms. The van der Waals surface area contributed by atoms with Crippen molar-refractivity contribution in [2.45, 2.75) is 58.8 Å². The third-order valence-electron chi connectivity index (χ3n) is 2.91. The molecule has 2 heteroatoms. The average Bonchev–Trinajstić information content (AvgIpc) is 2.45. The Balaban J connectivity index is 2.01. The molecule has 2 nitrogen and oxygen atoms in total. The number of nitrogens with zero attached hydrogens (tertiary/aromatic N) is 1. The summed E-state index contributed by atoms with van der Waals surface area (Å²) in [7, 11) is 0. The summed E-state index contributed by atoms with van der Waals surface area (Å²) < 4.78 is 0. The van der Waals surface area contributed by atoms with Crippen molar-refractivity contribution in [3.63, 3.8) is 0 Å². The minimum atomic E-state index is 0.847. The number of aliphatic imine (C=N–C) groups is 1. The highest BCUT2D eigenvalue weighted by Gasteiger charge is 2.02. The predicted molar refractivity (Wildman–Crippen MR) is 67.5 cm³/mol. The molecule has 0 fully saturated rings. The van der Waals surface area contributed by atoms with Gasteiger partial charge in [0.2, 0.25) is 0 Å². The van der Waals surface area contributed by atoms with Gasteiger partial charge in [-0.15, -0.1) is 0 Å². The summed E-state index contributed by atoms with van der Waals surface area (Å²) >= 11 is 0. The normalized spacial score (nSPS) is 17.4. The molecule has 1 heterocycles. The molecule has 15 heavy (non-hydrogen) atoms. The summed E-state index contributed by atoms with van der Waals surface area (Å²) in [6.07, 6.45) is 9.10. The van der Waals surface area contributed by atoms with Crippen LogP contribution >= 0.6 is 0 Å². The minimum absolute atomic E-state index is 0.847. The number of hydrogen-bond donors (Lipinski definition) is 1. The quantitative estimate of drug-likeness (QED) is 0.691. The summed E-state index contributed by atoms with van der Waals surface area (Å²) in [5, 5.41) is 3.49. The van der Waals surface area contributed by atoms with Gasteiger partial charge < -0.3 is 5.32 Å². The molecular weight excluding hydrogens is 184 g/mol. The maximum absolute atomic E-state index is 4.56. The van der Waals surface area contributed by atoms with Crippen LogP contribution in [-0.2, 0) is 0 Å². The van der Waals surface area contributed by atoms with Crippen LogP contribution in [0.4, 0.5) is 0 Å². The summed E-state index contributed by atoms with van der Waals surface area (Å²) in [5.74, 6) is 2.11. The molecule has 0 unspecified atom stereocenters. The van der Waals surface area contributed by atoms with E-state index in [2.05, 4.69) is 24.2 Å². The van der Waals surface area contributed by atoms with Crippen LogP contribution in [0.25, 0.3) is 0 Å². The molecule has 88 valence electrons. The van der Waals surface area contributed by atoms with Crippen LogP contribution in [0, 0.1) is 5.92 Å². The molecule has 0 aromatic carbocycles. The topological polar surface area (TPSA) is 24.4 Å². The zero-order valence-electron chi connectivity index (χ0n) is 10.4. The highest BCUT2D eigenvalue weighted by molar-refractivity contribution is 5.82. The van der Waals surface area contributed by atoms with Crippen molar-refractivity contribution in [3.05, 3.63) is 0 Å². The van der Waals surface area contributed by atoms with E-state index >= 15 is 0 Å². The van der Waals surface area contributed by atoms with Crippen molar-refractivity contribution in [2.75, 3.05) is 13.1 Å². The first-order valence-electron chi connectivity index (χ1n) is 6.56. The SMILES string of the molecule is CC(C)CCCCNC1=NCCCCC1. The van der Waals surface area contributed by atoms with Gasteiger partial charge in [0.05, 0.1) is 5.84 Å². The second-order valence-electron chi connectivity index (χ2n) is 4.96. The molecule has 1 aliphatic rings. The van der Waals surface area contributed by atoms with Crippen molar-refractivity contribution >= 4 is 5.84 Å². The van der Waals surface area contributed by atoms with Gasteiger partial charge in [0.25, 0.3) is 0 Å². The maximum Gasteiger partial charge on any atom is 0.0963 e. The van der Waals surface area contributed by atoms with E-state index in [1.54, 1.807) is 0 Å². The molecule has 0 spiro atoms. The largest absolute Gasteiger partial charge is 0.374 e. The van der Waals surface area contributed by atoms with Crippen molar-refractivity contribution in [1.29, 1.82) is 0 Å². The second kappa shape index (κ2) is 7.72. The van der Waals surface area contributed by atoms with Crippen LogP contribution in [0.15, 0.2) is 4.99 Å². The lowest BCUT2D eigenvalue weighted by molar-refractivity contribution is 0.535. The summed E-state index contributed by atoms with van der Waals surface area (Å²) in [4.78, 5) is 4.56. The Morgan fingerprint density at radius 1 is 1.20 bits per heavy atom. The fraction of sp³-hybridized carbons (Fsp3) is 0.923. The van der Waals surface area contributed by atoms with Gasteiger partial charge in [-0.3, -0.25) is 4.99 Å². The highest BCUT2D eigenvalue weighted by atomic mass is 15.0. The number of nitrogens with one attached hydrogen (secondary N) is 1. The fourth-order valence-corrected chi connectivity index (χ4v) is 1.93. The predicted octanol–water partition coefficient (Wildman–Crippen LogP) is 3.37. The maximum atomic E-state index is 4.56. The van der Waals surface area contributed by atoms with Crippen molar-refractivity contribution in [2.24, 2.45) is 10.9 Å². The lowest BCUT2D eigenvalue weighted by atomic mass is 10.1. The van der Waals surface area contributed by atoms with Crippen LogP contribution < -0.4 is 5.32 Å². The Morgan fingerprint density at radius 3 is 2.87 bits per heavy atom. The van der Waals surface area contributed by atoms with E-state index in [-0.39, 0.29) is 0 Å². The van der Waals surface area contributed by atoms with Gasteiger partial charge in [-0.2, -0.15) is 0 Å². The molecule has 0 radical (unpaired) electrons. The number of hydrogen-bond acceptors (Lipinski definition) is 2. The molecule has 1 rings (SSSR count). The average molecular weight is 210 g/mol. The minimum Gasteiger partial charge on any atom is -0.374 e. The second-order valence-corrected chi connectivity index (χ2v) is 4.96. The van der Waals surface area contributed by atoms with Crippen LogP contribution in [0.5, 0.6) is 0 Å². The Labute approximate surface area is 94.6 Å². The van der Waals surface area contributed by atoms with Crippen LogP contribution in [-0.4, -0.2) is 18.9 Å². The first-order valence-corrected chi connectivity index (χ1v) is 6.56. The van der Waals surface area contributed by atoms with E-state index in [1.807, 2.05) is 0 Å². The molecular formula is C13H26N2. The van der Waals surface area contributed by atoms with Crippen molar-refractivity contribution in [1.82, 2.24) is 5.32 Å². The summed E-state index contributed by atoms with van der Waals surface area (Å²) in [5.41, 5.74) is 0. The zero-order valence-corrected chi connectivity index (χ0v) is 10.4. The molecule has 1 N–H and O–H groups in total. The molecule has 1 aliphatic heterocycles. The Morgan fingerprint density at radius 2 is 2.07 bits per heavy atom. The lowest BCUT2D eigenvalue weighted by Crippen LogP contribution is -2.24. The van der Waals surface area contributed by atoms with Crippen molar-refractivity contribution in [3.8, 4) is 0 Å². The van der Waals surface area contributed by atoms with Gasteiger partial charge in [-0.1, -0.05) is 33.1 Å². The van der Waals surface area contributed by atoms with E-state index < -0.39 is 0 Å². The number of rotatable bonds is 5. The Bertz CT molecular complexity index is 185. The highest BCUT2D eigenvalue weighted by Crippen LogP contribution is 2.07. The Kier molecular flexibility index (Phi) is 6.45. The van der Waals surface area contributed by atoms with Gasteiger partial charge in [0.15, 0.2) is 0 Å². The monoisotopic (exact) mass is 210 g/mol. The standard InChI is InChI=1S/C13H26N2/c1-12(2)8-5-7-11-15-13-9-4-3-6-10-14-13/h12H,3-11H2,1-2H3,(H,14,15). The van der Waals surface area contributed by atoms with E-state index in [1.165, 1.54) is 50.8 Å². The fourth-order valence-electron chi connectivity index (χ4n) is 1.93. The molecule has 0 atom stereocenters. The van der Waals surface area contributed by atoms with Crippen molar-refractivity contribution < 1.29 is 0 Å². The van der Waals surface area contributed by atoms with Gasteiger partial charge in [-0.05, 0) is 25.2 Å². The summed E-state index contributed by atoms with van der Waals surface area (Å²) in [6, 6.07) is 0. The van der Waals surface area contributed by atoms with Crippen LogP contribution in [0.2, 0.25) is 0 Å². The Hall–Kier alpha value is -0.530. The van der Waals surface area contributed by atoms with Gasteiger partial charge in [-0.25, -0.2) is 0 Å². The van der Waals surface area contributed by atoms with Crippen LogP contribution in [0.1, 0.15) is 58.8 Å². The first-order chi connectivity index (χ1) is 7.29. The van der Waals surface area contributed by atoms with Crippen LogP contribution in [0.3, 0.4) is 0 Å². The van der Waals surface area contributed by atoms with E-state index in [4.69, 9.17) is 0 Å². The summed E-state index contributed by atoms with van der Waals surface area (Å²) in [6.45, 7) is 6.74. The molecule has 0 saturated carbocycles. The molecule has 0 aromatic heterocycles. The molecule has 0 saturated heterocycles. The lowest BCUT2D eigenvalue weighted by Gasteiger charge is -2.08. The third-order valence-corrected chi connectivity index (χ3v) is 2.91. The first kappa shape index (κ1) is 12.5. The zero-order chi connectivity index (χ0) is 10.9. The molecule has 0 aliphatic carbocycles.